The molecule has 28 heavy (non-hydrogen) atoms. The Morgan fingerprint density at radius 1 is 1.25 bits per heavy atom. The number of benzene rings is 1. The van der Waals surface area contributed by atoms with Gasteiger partial charge in [0.15, 0.2) is 0 Å². The monoisotopic (exact) mass is 383 g/mol. The number of carbonyl (C=O) groups is 2. The Labute approximate surface area is 158 Å². The Hall–Kier alpha value is -3.55. The van der Waals surface area contributed by atoms with Gasteiger partial charge < -0.3 is 23.6 Å². The highest BCUT2D eigenvalue weighted by molar-refractivity contribution is 5.87. The van der Waals surface area contributed by atoms with Crippen molar-refractivity contribution in [1.29, 1.82) is 0 Å². The van der Waals surface area contributed by atoms with Crippen LogP contribution in [-0.2, 0) is 27.5 Å². The Balaban J connectivity index is 1.43. The maximum Gasteiger partial charge on any atom is 0.336 e. The van der Waals surface area contributed by atoms with Crippen molar-refractivity contribution in [3.63, 3.8) is 0 Å². The molecule has 0 saturated carbocycles. The molecule has 0 bridgehead atoms. The molecule has 0 aliphatic carbocycles. The van der Waals surface area contributed by atoms with Gasteiger partial charge in [0.05, 0.1) is 18.7 Å². The minimum Gasteiger partial charge on any atom is -0.508 e. The number of phenols is 1. The van der Waals surface area contributed by atoms with Crippen LogP contribution in [0.15, 0.2) is 56.3 Å². The summed E-state index contributed by atoms with van der Waals surface area (Å²) < 4.78 is 15.6. The number of carbonyl (C=O) groups excluding carboxylic acids is 2. The topological polar surface area (TPSA) is 110 Å². The summed E-state index contributed by atoms with van der Waals surface area (Å²) in [6.07, 6.45) is 1.60. The first kappa shape index (κ1) is 17.8. The van der Waals surface area contributed by atoms with Gasteiger partial charge in [-0.1, -0.05) is 0 Å². The molecular formula is C20H17NO7. The third kappa shape index (κ3) is 3.62. The van der Waals surface area contributed by atoms with Crippen molar-refractivity contribution in [2.24, 2.45) is 5.92 Å². The van der Waals surface area contributed by atoms with E-state index >= 15 is 0 Å². The number of aromatic hydroxyl groups is 1. The average molecular weight is 383 g/mol. The van der Waals surface area contributed by atoms with Crippen molar-refractivity contribution >= 4 is 22.8 Å². The normalized spacial score (nSPS) is 16.6. The molecule has 1 amide bonds. The van der Waals surface area contributed by atoms with Crippen molar-refractivity contribution < 1.29 is 28.3 Å². The smallest absolute Gasteiger partial charge is 0.336 e. The largest absolute Gasteiger partial charge is 0.508 e. The first-order valence-electron chi connectivity index (χ1n) is 8.72. The highest BCUT2D eigenvalue weighted by Crippen LogP contribution is 2.24. The fourth-order valence-corrected chi connectivity index (χ4v) is 3.28. The van der Waals surface area contributed by atoms with Crippen molar-refractivity contribution in [1.82, 2.24) is 4.90 Å². The number of phenolic OH excluding ortho intramolecular Hbond substituents is 1. The van der Waals surface area contributed by atoms with E-state index in [0.717, 1.165) is 0 Å². The van der Waals surface area contributed by atoms with Crippen molar-refractivity contribution in [2.45, 2.75) is 19.6 Å². The van der Waals surface area contributed by atoms with Gasteiger partial charge >= 0.3 is 11.6 Å². The standard InChI is InChI=1S/C20H17NO7/c22-14-3-4-16-13(7-19(24)28-17(16)8-14)11-27-20(25)12-6-18(23)21(9-12)10-15-2-1-5-26-15/h1-5,7-8,12,22H,6,9-11H2/t12-/m1/s1. The van der Waals surface area contributed by atoms with Crippen molar-refractivity contribution in [3.8, 4) is 5.75 Å². The maximum atomic E-state index is 12.4. The van der Waals surface area contributed by atoms with Gasteiger partial charge in [0, 0.05) is 36.0 Å². The number of amides is 1. The molecule has 1 aromatic carbocycles. The van der Waals surface area contributed by atoms with Crippen molar-refractivity contribution in [3.05, 3.63) is 64.4 Å². The summed E-state index contributed by atoms with van der Waals surface area (Å²) in [4.78, 5) is 37.8. The van der Waals surface area contributed by atoms with E-state index in [1.807, 2.05) is 0 Å². The van der Waals surface area contributed by atoms with E-state index in [1.165, 1.54) is 24.5 Å². The van der Waals surface area contributed by atoms with E-state index in [1.54, 1.807) is 23.1 Å². The van der Waals surface area contributed by atoms with Crippen LogP contribution in [0.3, 0.4) is 0 Å². The van der Waals surface area contributed by atoms with Crippen LogP contribution in [-0.4, -0.2) is 28.4 Å². The second kappa shape index (κ2) is 7.22. The lowest BCUT2D eigenvalue weighted by Crippen LogP contribution is -2.26. The van der Waals surface area contributed by atoms with Gasteiger partial charge in [-0.2, -0.15) is 0 Å². The van der Waals surface area contributed by atoms with Gasteiger partial charge in [-0.25, -0.2) is 4.79 Å². The van der Waals surface area contributed by atoms with Crippen LogP contribution >= 0.6 is 0 Å². The quantitative estimate of drug-likeness (QED) is 0.531. The fraction of sp³-hybridized carbons (Fsp3) is 0.250. The number of furan rings is 1. The zero-order valence-electron chi connectivity index (χ0n) is 14.8. The first-order chi connectivity index (χ1) is 13.5. The molecule has 1 N–H and O–H groups in total. The van der Waals surface area contributed by atoms with Crippen LogP contribution in [0.5, 0.6) is 5.75 Å². The summed E-state index contributed by atoms with van der Waals surface area (Å²) >= 11 is 0. The highest BCUT2D eigenvalue weighted by Gasteiger charge is 2.35. The molecule has 8 nitrogen and oxygen atoms in total. The van der Waals surface area contributed by atoms with E-state index in [4.69, 9.17) is 13.6 Å². The zero-order chi connectivity index (χ0) is 19.7. The Morgan fingerprint density at radius 2 is 2.11 bits per heavy atom. The number of fused-ring (bicyclic) bond motifs is 1. The van der Waals surface area contributed by atoms with Gasteiger partial charge in [0.1, 0.15) is 23.7 Å². The molecule has 1 atom stereocenters. The lowest BCUT2D eigenvalue weighted by Gasteiger charge is -2.15. The molecule has 1 fully saturated rings. The molecule has 8 heteroatoms. The van der Waals surface area contributed by atoms with Crippen LogP contribution in [0.4, 0.5) is 0 Å². The molecule has 4 rings (SSSR count). The second-order valence-corrected chi connectivity index (χ2v) is 6.63. The third-order valence-corrected chi connectivity index (χ3v) is 4.66. The minimum absolute atomic E-state index is 0.0362. The molecule has 1 saturated heterocycles. The van der Waals surface area contributed by atoms with E-state index in [2.05, 4.69) is 0 Å². The summed E-state index contributed by atoms with van der Waals surface area (Å²) in [6, 6.07) is 9.11. The van der Waals surface area contributed by atoms with Gasteiger partial charge in [0.25, 0.3) is 0 Å². The summed E-state index contributed by atoms with van der Waals surface area (Å²) in [7, 11) is 0. The fourth-order valence-electron chi connectivity index (χ4n) is 3.28. The van der Waals surface area contributed by atoms with Crippen LogP contribution in [0.1, 0.15) is 17.7 Å². The molecule has 3 heterocycles. The number of esters is 1. The van der Waals surface area contributed by atoms with Gasteiger partial charge in [-0.15, -0.1) is 0 Å². The predicted octanol–water partition coefficient (Wildman–Crippen LogP) is 2.18. The zero-order valence-corrected chi connectivity index (χ0v) is 14.8. The lowest BCUT2D eigenvalue weighted by molar-refractivity contribution is -0.149. The summed E-state index contributed by atoms with van der Waals surface area (Å²) in [5, 5.41) is 10.1. The molecule has 1 aliphatic rings. The lowest BCUT2D eigenvalue weighted by atomic mass is 10.1. The van der Waals surface area contributed by atoms with Crippen LogP contribution < -0.4 is 5.63 Å². The third-order valence-electron chi connectivity index (χ3n) is 4.66. The Bertz CT molecular complexity index is 1080. The molecule has 3 aromatic rings. The summed E-state index contributed by atoms with van der Waals surface area (Å²) in [5.74, 6) is -0.605. The van der Waals surface area contributed by atoms with Gasteiger partial charge in [-0.05, 0) is 24.3 Å². The first-order valence-corrected chi connectivity index (χ1v) is 8.72. The molecule has 1 aliphatic heterocycles. The molecule has 0 unspecified atom stereocenters. The molecule has 0 spiro atoms. The van der Waals surface area contributed by atoms with Gasteiger partial charge in [-0.3, -0.25) is 9.59 Å². The van der Waals surface area contributed by atoms with E-state index in [9.17, 15) is 19.5 Å². The molecular weight excluding hydrogens is 366 g/mol. The number of ether oxygens (including phenoxy) is 1. The molecule has 2 aromatic heterocycles. The number of rotatable bonds is 5. The second-order valence-electron chi connectivity index (χ2n) is 6.63. The summed E-state index contributed by atoms with van der Waals surface area (Å²) in [5.41, 5.74) is 0.0698. The van der Waals surface area contributed by atoms with Crippen molar-refractivity contribution in [2.75, 3.05) is 6.54 Å². The van der Waals surface area contributed by atoms with E-state index in [0.29, 0.717) is 23.3 Å². The predicted molar refractivity (Wildman–Crippen MR) is 96.2 cm³/mol. The van der Waals surface area contributed by atoms with E-state index in [-0.39, 0.29) is 36.8 Å². The van der Waals surface area contributed by atoms with Crippen LogP contribution in [0.2, 0.25) is 0 Å². The Kier molecular flexibility index (Phi) is 4.60. The SMILES string of the molecule is O=C(OCc1cc(=O)oc2cc(O)ccc12)[C@@H]1CC(=O)N(Cc2ccco2)C1. The number of likely N-dealkylation sites (tertiary alicyclic amines) is 1. The molecule has 144 valence electrons. The minimum atomic E-state index is -0.607. The highest BCUT2D eigenvalue weighted by atomic mass is 16.5. The van der Waals surface area contributed by atoms with E-state index < -0.39 is 17.5 Å². The number of nitrogens with zero attached hydrogens (tertiary/aromatic N) is 1. The maximum absolute atomic E-state index is 12.4. The van der Waals surface area contributed by atoms with Crippen LogP contribution in [0, 0.1) is 5.92 Å². The Morgan fingerprint density at radius 3 is 2.89 bits per heavy atom. The van der Waals surface area contributed by atoms with Gasteiger partial charge in [0.2, 0.25) is 5.91 Å². The summed E-state index contributed by atoms with van der Waals surface area (Å²) in [6.45, 7) is 0.433. The number of hydrogen-bond acceptors (Lipinski definition) is 7. The number of hydrogen-bond donors (Lipinski definition) is 1. The average Bonchev–Trinajstić information content (AvgIpc) is 3.29. The van der Waals surface area contributed by atoms with Crippen LogP contribution in [0.25, 0.3) is 11.0 Å². The molecule has 0 radical (unpaired) electrons.